The number of hydrogen-bond donors (Lipinski definition) is 2. The molecular formula is C5H11N3O4S. The van der Waals surface area contributed by atoms with Crippen LogP contribution in [0, 0.1) is 0 Å². The molecule has 1 fully saturated rings. The van der Waals surface area contributed by atoms with Crippen molar-refractivity contribution in [2.75, 3.05) is 13.1 Å². The zero-order valence-corrected chi connectivity index (χ0v) is 7.70. The van der Waals surface area contributed by atoms with E-state index in [-0.39, 0.29) is 4.41 Å². The maximum Gasteiger partial charge on any atom is 0.377 e. The molecule has 1 aliphatic rings. The van der Waals surface area contributed by atoms with Gasteiger partial charge in [0.2, 0.25) is 0 Å². The van der Waals surface area contributed by atoms with E-state index in [9.17, 15) is 13.2 Å². The quantitative estimate of drug-likeness (QED) is 0.578. The molecule has 0 aromatic carbocycles. The van der Waals surface area contributed by atoms with E-state index in [1.54, 1.807) is 0 Å². The highest BCUT2D eigenvalue weighted by molar-refractivity contribution is 7.83. The first-order valence-electron chi connectivity index (χ1n) is 3.75. The van der Waals surface area contributed by atoms with Gasteiger partial charge < -0.3 is 5.73 Å². The average Bonchev–Trinajstić information content (AvgIpc) is 2.34. The molecule has 0 aromatic heterocycles. The largest absolute Gasteiger partial charge is 0.377 e. The number of nitrogens with two attached hydrogens (primary N) is 1. The van der Waals surface area contributed by atoms with Crippen LogP contribution in [0.3, 0.4) is 0 Å². The molecule has 76 valence electrons. The summed E-state index contributed by atoms with van der Waals surface area (Å²) in [6.07, 6.45) is 1.55. The Labute approximate surface area is 75.9 Å². The molecule has 7 nitrogen and oxygen atoms in total. The Morgan fingerprint density at radius 3 is 2.15 bits per heavy atom. The van der Waals surface area contributed by atoms with Gasteiger partial charge in [0.05, 0.1) is 0 Å². The highest BCUT2D eigenvalue weighted by Crippen LogP contribution is 2.13. The molecule has 13 heavy (non-hydrogen) atoms. The van der Waals surface area contributed by atoms with E-state index in [0.29, 0.717) is 13.1 Å². The molecule has 2 amide bonds. The summed E-state index contributed by atoms with van der Waals surface area (Å²) in [4.78, 5) is 10.7. The first kappa shape index (κ1) is 10.2. The number of rotatable bonds is 2. The second-order valence-electron chi connectivity index (χ2n) is 2.72. The Balaban J connectivity index is 2.85. The third-order valence-electron chi connectivity index (χ3n) is 1.75. The van der Waals surface area contributed by atoms with Crippen LogP contribution < -0.4 is 5.73 Å². The van der Waals surface area contributed by atoms with Crippen molar-refractivity contribution in [3.63, 3.8) is 0 Å². The minimum atomic E-state index is -4.56. The fourth-order valence-electron chi connectivity index (χ4n) is 1.28. The molecule has 1 aliphatic heterocycles. The molecule has 0 atom stereocenters. The Bertz CT molecular complexity index is 295. The Morgan fingerprint density at radius 1 is 1.38 bits per heavy atom. The summed E-state index contributed by atoms with van der Waals surface area (Å²) in [6.45, 7) is 0.811. The SMILES string of the molecule is NC(=O)N(N1CCCC1)S(=O)(=O)O. The van der Waals surface area contributed by atoms with Gasteiger partial charge in [-0.25, -0.2) is 9.80 Å². The Kier molecular flexibility index (Phi) is 2.74. The number of nitrogens with zero attached hydrogens (tertiary/aromatic N) is 2. The molecule has 0 spiro atoms. The summed E-state index contributed by atoms with van der Waals surface area (Å²) in [5.74, 6) is 0. The molecule has 0 unspecified atom stereocenters. The molecule has 0 aliphatic carbocycles. The van der Waals surface area contributed by atoms with Gasteiger partial charge in [-0.15, -0.1) is 4.41 Å². The highest BCUT2D eigenvalue weighted by atomic mass is 32.2. The van der Waals surface area contributed by atoms with Crippen molar-refractivity contribution in [2.24, 2.45) is 5.73 Å². The van der Waals surface area contributed by atoms with Crippen LogP contribution in [-0.2, 0) is 10.3 Å². The van der Waals surface area contributed by atoms with Gasteiger partial charge in [0.15, 0.2) is 0 Å². The van der Waals surface area contributed by atoms with Crippen LogP contribution in [-0.4, -0.2) is 41.5 Å². The fourth-order valence-corrected chi connectivity index (χ4v) is 1.96. The van der Waals surface area contributed by atoms with Gasteiger partial charge in [0.1, 0.15) is 0 Å². The minimum absolute atomic E-state index is 0.194. The van der Waals surface area contributed by atoms with Crippen molar-refractivity contribution < 1.29 is 17.8 Å². The fraction of sp³-hybridized carbons (Fsp3) is 0.800. The number of hydrogen-bond acceptors (Lipinski definition) is 4. The molecular weight excluding hydrogens is 198 g/mol. The molecule has 8 heteroatoms. The van der Waals surface area contributed by atoms with Gasteiger partial charge >= 0.3 is 16.3 Å². The van der Waals surface area contributed by atoms with Gasteiger partial charge in [0, 0.05) is 13.1 Å². The Morgan fingerprint density at radius 2 is 1.85 bits per heavy atom. The summed E-state index contributed by atoms with van der Waals surface area (Å²) >= 11 is 0. The molecule has 0 radical (unpaired) electrons. The third kappa shape index (κ3) is 2.29. The summed E-state index contributed by atoms with van der Waals surface area (Å²) in [7, 11) is -4.56. The van der Waals surface area contributed by atoms with Crippen LogP contribution >= 0.6 is 0 Å². The molecule has 1 rings (SSSR count). The lowest BCUT2D eigenvalue weighted by atomic mass is 10.4. The molecule has 0 bridgehead atoms. The number of hydrazine groups is 1. The normalized spacial score (nSPS) is 18.8. The topological polar surface area (TPSA) is 104 Å². The van der Waals surface area contributed by atoms with E-state index in [0.717, 1.165) is 12.8 Å². The van der Waals surface area contributed by atoms with E-state index in [2.05, 4.69) is 0 Å². The van der Waals surface area contributed by atoms with Crippen molar-refractivity contribution in [1.82, 2.24) is 9.42 Å². The molecule has 1 saturated heterocycles. The van der Waals surface area contributed by atoms with Gasteiger partial charge in [-0.2, -0.15) is 8.42 Å². The summed E-state index contributed by atoms with van der Waals surface area (Å²) < 4.78 is 30.3. The zero-order valence-electron chi connectivity index (χ0n) is 6.88. The number of urea groups is 1. The lowest BCUT2D eigenvalue weighted by molar-refractivity contribution is 0.107. The van der Waals surface area contributed by atoms with Crippen LogP contribution in [0.4, 0.5) is 4.79 Å². The summed E-state index contributed by atoms with van der Waals surface area (Å²) in [5.41, 5.74) is 4.81. The number of carbonyl (C=O) groups is 1. The number of primary amides is 1. The van der Waals surface area contributed by atoms with Crippen molar-refractivity contribution in [1.29, 1.82) is 0 Å². The van der Waals surface area contributed by atoms with E-state index < -0.39 is 16.3 Å². The van der Waals surface area contributed by atoms with Crippen molar-refractivity contribution in [2.45, 2.75) is 12.8 Å². The first-order valence-corrected chi connectivity index (χ1v) is 5.14. The van der Waals surface area contributed by atoms with Gasteiger partial charge in [-0.1, -0.05) is 0 Å². The van der Waals surface area contributed by atoms with Gasteiger partial charge in [0.25, 0.3) is 0 Å². The van der Waals surface area contributed by atoms with Crippen molar-refractivity contribution in [3.8, 4) is 0 Å². The summed E-state index contributed by atoms with van der Waals surface area (Å²) in [5, 5.41) is 1.21. The molecule has 3 N–H and O–H groups in total. The summed E-state index contributed by atoms with van der Waals surface area (Å²) in [6, 6.07) is -1.19. The van der Waals surface area contributed by atoms with Crippen molar-refractivity contribution in [3.05, 3.63) is 0 Å². The molecule has 0 saturated carbocycles. The lowest BCUT2D eigenvalue weighted by Gasteiger charge is -2.25. The average molecular weight is 209 g/mol. The number of amides is 2. The van der Waals surface area contributed by atoms with Crippen molar-refractivity contribution >= 4 is 16.3 Å². The van der Waals surface area contributed by atoms with Crippen LogP contribution in [0.5, 0.6) is 0 Å². The predicted molar refractivity (Wildman–Crippen MR) is 43.8 cm³/mol. The van der Waals surface area contributed by atoms with Crippen LogP contribution in [0.1, 0.15) is 12.8 Å². The highest BCUT2D eigenvalue weighted by Gasteiger charge is 2.31. The second kappa shape index (κ2) is 3.48. The maximum atomic E-state index is 10.7. The standard InChI is InChI=1S/C5H11N3O4S/c6-5(9)8(13(10,11)12)7-3-1-2-4-7/h1-4H2,(H2,6,9)(H,10,11,12). The lowest BCUT2D eigenvalue weighted by Crippen LogP contribution is -2.50. The minimum Gasteiger partial charge on any atom is -0.349 e. The van der Waals surface area contributed by atoms with Crippen LogP contribution in [0.2, 0.25) is 0 Å². The second-order valence-corrected chi connectivity index (χ2v) is 3.96. The van der Waals surface area contributed by atoms with E-state index in [1.807, 2.05) is 0 Å². The number of carbonyl (C=O) groups excluding carboxylic acids is 1. The van der Waals surface area contributed by atoms with Crippen LogP contribution in [0.25, 0.3) is 0 Å². The third-order valence-corrected chi connectivity index (χ3v) is 2.59. The van der Waals surface area contributed by atoms with Gasteiger partial charge in [-0.05, 0) is 12.8 Å². The zero-order chi connectivity index (χ0) is 10.1. The first-order chi connectivity index (χ1) is 5.93. The van der Waals surface area contributed by atoms with Gasteiger partial charge in [-0.3, -0.25) is 4.55 Å². The van der Waals surface area contributed by atoms with Crippen LogP contribution in [0.15, 0.2) is 0 Å². The Hall–Kier alpha value is -0.860. The molecule has 1 heterocycles. The smallest absolute Gasteiger partial charge is 0.349 e. The van der Waals surface area contributed by atoms with E-state index >= 15 is 0 Å². The molecule has 0 aromatic rings. The monoisotopic (exact) mass is 209 g/mol. The van der Waals surface area contributed by atoms with E-state index in [4.69, 9.17) is 10.3 Å². The van der Waals surface area contributed by atoms with E-state index in [1.165, 1.54) is 5.01 Å². The predicted octanol–water partition coefficient (Wildman–Crippen LogP) is -0.819. The maximum absolute atomic E-state index is 10.7.